The van der Waals surface area contributed by atoms with Gasteiger partial charge in [0.1, 0.15) is 0 Å². The number of carbonyl (C=O) groups excluding carboxylic acids is 1. The van der Waals surface area contributed by atoms with E-state index in [2.05, 4.69) is 19.2 Å². The maximum atomic E-state index is 12.4. The number of carbonyl (C=O) groups is 1. The summed E-state index contributed by atoms with van der Waals surface area (Å²) in [4.78, 5) is 12.4. The van der Waals surface area contributed by atoms with Crippen LogP contribution in [0.15, 0.2) is 0 Å². The van der Waals surface area contributed by atoms with Gasteiger partial charge in [-0.2, -0.15) is 0 Å². The van der Waals surface area contributed by atoms with Gasteiger partial charge in [0.25, 0.3) is 0 Å². The van der Waals surface area contributed by atoms with Crippen LogP contribution >= 0.6 is 12.4 Å². The van der Waals surface area contributed by atoms with Crippen LogP contribution in [0, 0.1) is 23.7 Å². The first kappa shape index (κ1) is 18.8. The zero-order valence-corrected chi connectivity index (χ0v) is 14.5. The monoisotopic (exact) mass is 316 g/mol. The van der Waals surface area contributed by atoms with Crippen molar-refractivity contribution in [2.75, 3.05) is 6.54 Å². The van der Waals surface area contributed by atoms with Gasteiger partial charge in [0.2, 0.25) is 5.91 Å². The molecule has 124 valence electrons. The third-order valence-electron chi connectivity index (χ3n) is 5.85. The molecule has 3 nitrogen and oxygen atoms in total. The summed E-state index contributed by atoms with van der Waals surface area (Å²) >= 11 is 0. The lowest BCUT2D eigenvalue weighted by Gasteiger charge is -2.33. The molecule has 0 heterocycles. The number of hydrogen-bond donors (Lipinski definition) is 2. The van der Waals surface area contributed by atoms with Gasteiger partial charge >= 0.3 is 0 Å². The summed E-state index contributed by atoms with van der Waals surface area (Å²) in [7, 11) is 0. The molecule has 2 unspecified atom stereocenters. The molecule has 4 atom stereocenters. The van der Waals surface area contributed by atoms with Gasteiger partial charge in [-0.3, -0.25) is 4.79 Å². The second-order valence-corrected chi connectivity index (χ2v) is 7.09. The Morgan fingerprint density at radius 1 is 1.10 bits per heavy atom. The predicted octanol–water partition coefficient (Wildman–Crippen LogP) is 3.50. The summed E-state index contributed by atoms with van der Waals surface area (Å²) in [6.45, 7) is 5.16. The van der Waals surface area contributed by atoms with Crippen LogP contribution < -0.4 is 11.1 Å². The maximum absolute atomic E-state index is 12.4. The topological polar surface area (TPSA) is 55.1 Å². The van der Waals surface area contributed by atoms with E-state index in [1.54, 1.807) is 0 Å². The van der Waals surface area contributed by atoms with Gasteiger partial charge in [-0.1, -0.05) is 45.4 Å². The van der Waals surface area contributed by atoms with E-state index in [4.69, 9.17) is 5.73 Å². The Bertz CT molecular complexity index is 318. The number of halogens is 1. The summed E-state index contributed by atoms with van der Waals surface area (Å²) in [5.41, 5.74) is 5.79. The van der Waals surface area contributed by atoms with Gasteiger partial charge in [0.05, 0.1) is 0 Å². The average molecular weight is 317 g/mol. The first-order valence-corrected chi connectivity index (χ1v) is 8.64. The van der Waals surface area contributed by atoms with Crippen LogP contribution in [0.2, 0.25) is 0 Å². The Morgan fingerprint density at radius 2 is 1.76 bits per heavy atom. The minimum Gasteiger partial charge on any atom is -0.353 e. The van der Waals surface area contributed by atoms with E-state index in [-0.39, 0.29) is 24.2 Å². The van der Waals surface area contributed by atoms with Crippen LogP contribution in [-0.4, -0.2) is 18.5 Å². The van der Waals surface area contributed by atoms with Crippen molar-refractivity contribution in [2.45, 2.75) is 71.3 Å². The van der Waals surface area contributed by atoms with E-state index < -0.39 is 0 Å². The minimum absolute atomic E-state index is 0. The third kappa shape index (κ3) is 4.85. The SMILES string of the molecule is CC(NC(=O)[C@@H]1CCC[C@@H]1CN)C(C)C1CCCCC1.Cl. The van der Waals surface area contributed by atoms with Crippen molar-refractivity contribution in [3.63, 3.8) is 0 Å². The molecule has 0 aromatic carbocycles. The van der Waals surface area contributed by atoms with Gasteiger partial charge in [-0.05, 0) is 44.1 Å². The molecule has 0 spiro atoms. The fourth-order valence-electron chi connectivity index (χ4n) is 4.20. The molecule has 0 aromatic rings. The molecule has 0 aliphatic heterocycles. The largest absolute Gasteiger partial charge is 0.353 e. The molecule has 0 bridgehead atoms. The van der Waals surface area contributed by atoms with E-state index in [1.165, 1.54) is 32.1 Å². The fraction of sp³-hybridized carbons (Fsp3) is 0.941. The van der Waals surface area contributed by atoms with Crippen molar-refractivity contribution < 1.29 is 4.79 Å². The van der Waals surface area contributed by atoms with Crippen LogP contribution in [-0.2, 0) is 4.79 Å². The maximum Gasteiger partial charge on any atom is 0.223 e. The third-order valence-corrected chi connectivity index (χ3v) is 5.85. The molecule has 3 N–H and O–H groups in total. The zero-order valence-electron chi connectivity index (χ0n) is 13.6. The lowest BCUT2D eigenvalue weighted by atomic mass is 9.78. The zero-order chi connectivity index (χ0) is 14.5. The summed E-state index contributed by atoms with van der Waals surface area (Å²) in [6, 6.07) is 0.296. The highest BCUT2D eigenvalue weighted by Crippen LogP contribution is 2.33. The average Bonchev–Trinajstić information content (AvgIpc) is 2.95. The second kappa shape index (κ2) is 8.99. The molecule has 2 saturated carbocycles. The Kier molecular flexibility index (Phi) is 8.04. The van der Waals surface area contributed by atoms with Crippen molar-refractivity contribution in [3.05, 3.63) is 0 Å². The number of hydrogen-bond acceptors (Lipinski definition) is 2. The van der Waals surface area contributed by atoms with Crippen molar-refractivity contribution in [3.8, 4) is 0 Å². The van der Waals surface area contributed by atoms with Gasteiger partial charge in [0.15, 0.2) is 0 Å². The molecule has 2 fully saturated rings. The van der Waals surface area contributed by atoms with Crippen molar-refractivity contribution in [1.82, 2.24) is 5.32 Å². The summed E-state index contributed by atoms with van der Waals surface area (Å²) in [6.07, 6.45) is 10.1. The first-order valence-electron chi connectivity index (χ1n) is 8.64. The fourth-order valence-corrected chi connectivity index (χ4v) is 4.20. The molecule has 2 aliphatic rings. The van der Waals surface area contributed by atoms with E-state index in [1.807, 2.05) is 0 Å². The molecule has 0 radical (unpaired) electrons. The minimum atomic E-state index is 0. The van der Waals surface area contributed by atoms with Gasteiger partial charge < -0.3 is 11.1 Å². The molecule has 2 aliphatic carbocycles. The highest BCUT2D eigenvalue weighted by molar-refractivity contribution is 5.85. The molecular weight excluding hydrogens is 284 g/mol. The number of amides is 1. The summed E-state index contributed by atoms with van der Waals surface area (Å²) < 4.78 is 0. The molecule has 2 rings (SSSR count). The lowest BCUT2D eigenvalue weighted by Crippen LogP contribution is -2.44. The van der Waals surface area contributed by atoms with Gasteiger partial charge in [0, 0.05) is 12.0 Å². The van der Waals surface area contributed by atoms with E-state index >= 15 is 0 Å². The van der Waals surface area contributed by atoms with Crippen LogP contribution in [0.3, 0.4) is 0 Å². The summed E-state index contributed by atoms with van der Waals surface area (Å²) in [5.74, 6) is 2.23. The molecule has 21 heavy (non-hydrogen) atoms. The number of nitrogens with two attached hydrogens (primary N) is 1. The van der Waals surface area contributed by atoms with Gasteiger partial charge in [-0.15, -0.1) is 12.4 Å². The Morgan fingerprint density at radius 3 is 2.38 bits per heavy atom. The van der Waals surface area contributed by atoms with E-state index in [0.29, 0.717) is 24.4 Å². The smallest absolute Gasteiger partial charge is 0.223 e. The van der Waals surface area contributed by atoms with Crippen molar-refractivity contribution in [2.24, 2.45) is 29.4 Å². The van der Waals surface area contributed by atoms with Crippen LogP contribution in [0.4, 0.5) is 0 Å². The van der Waals surface area contributed by atoms with Crippen LogP contribution in [0.25, 0.3) is 0 Å². The molecule has 1 amide bonds. The Hall–Kier alpha value is -0.280. The summed E-state index contributed by atoms with van der Waals surface area (Å²) in [5, 5.41) is 3.29. The van der Waals surface area contributed by atoms with Crippen molar-refractivity contribution >= 4 is 18.3 Å². The quantitative estimate of drug-likeness (QED) is 0.815. The standard InChI is InChI=1S/C17H32N2O.ClH/c1-12(14-7-4-3-5-8-14)13(2)19-17(20)16-10-6-9-15(16)11-18;/h12-16H,3-11,18H2,1-2H3,(H,19,20);1H/t12?,13?,15-,16-;/m1./s1. The van der Waals surface area contributed by atoms with Gasteiger partial charge in [-0.25, -0.2) is 0 Å². The molecule has 4 heteroatoms. The first-order chi connectivity index (χ1) is 9.63. The normalized spacial score (nSPS) is 29.5. The van der Waals surface area contributed by atoms with Crippen LogP contribution in [0.1, 0.15) is 65.2 Å². The number of rotatable bonds is 5. The number of nitrogens with one attached hydrogen (secondary N) is 1. The Balaban J connectivity index is 0.00000220. The lowest BCUT2D eigenvalue weighted by molar-refractivity contribution is -0.127. The Labute approximate surface area is 136 Å². The predicted molar refractivity (Wildman–Crippen MR) is 90.5 cm³/mol. The highest BCUT2D eigenvalue weighted by atomic mass is 35.5. The molecule has 0 saturated heterocycles. The van der Waals surface area contributed by atoms with Crippen molar-refractivity contribution in [1.29, 1.82) is 0 Å². The molecular formula is C17H33ClN2O. The van der Waals surface area contributed by atoms with E-state index in [0.717, 1.165) is 25.2 Å². The second-order valence-electron chi connectivity index (χ2n) is 7.09. The van der Waals surface area contributed by atoms with Crippen LogP contribution in [0.5, 0.6) is 0 Å². The molecule has 0 aromatic heterocycles. The highest BCUT2D eigenvalue weighted by Gasteiger charge is 2.33. The van der Waals surface area contributed by atoms with E-state index in [9.17, 15) is 4.79 Å².